The molecule has 254 valence electrons. The van der Waals surface area contributed by atoms with Gasteiger partial charge in [0.1, 0.15) is 11.5 Å². The maximum absolute atomic E-state index is 6.92. The van der Waals surface area contributed by atoms with Gasteiger partial charge in [-0.1, -0.05) is 158 Å². The Morgan fingerprint density at radius 1 is 0.278 bits per heavy atom. The lowest BCUT2D eigenvalue weighted by Crippen LogP contribution is -2.11. The summed E-state index contributed by atoms with van der Waals surface area (Å²) >= 11 is 0. The number of hydrogen-bond acceptors (Lipinski definition) is 2. The van der Waals surface area contributed by atoms with Crippen LogP contribution in [0.2, 0.25) is 0 Å². The van der Waals surface area contributed by atoms with Crippen LogP contribution in [0.5, 0.6) is 11.5 Å². The summed E-state index contributed by atoms with van der Waals surface area (Å²) in [6.45, 7) is 0. The minimum Gasteiger partial charge on any atom is -0.456 e. The van der Waals surface area contributed by atoms with Gasteiger partial charge in [0.2, 0.25) is 0 Å². The minimum atomic E-state index is 0.829. The fraction of sp³-hybridized carbons (Fsp3) is 0. The van der Waals surface area contributed by atoms with Gasteiger partial charge in [-0.05, 0) is 104 Å². The van der Waals surface area contributed by atoms with Crippen molar-refractivity contribution in [2.75, 3.05) is 4.90 Å². The van der Waals surface area contributed by atoms with Gasteiger partial charge in [-0.2, -0.15) is 0 Å². The van der Waals surface area contributed by atoms with Crippen molar-refractivity contribution in [2.45, 2.75) is 0 Å². The molecule has 0 saturated heterocycles. The van der Waals surface area contributed by atoms with Crippen molar-refractivity contribution in [1.29, 1.82) is 0 Å². The molecular formula is C52H35NO. The highest BCUT2D eigenvalue weighted by molar-refractivity contribution is 5.99. The molecule has 0 aromatic heterocycles. The summed E-state index contributed by atoms with van der Waals surface area (Å²) in [5.41, 5.74) is 14.7. The fourth-order valence-electron chi connectivity index (χ4n) is 7.79. The molecule has 1 aliphatic heterocycles. The molecule has 0 bridgehead atoms. The summed E-state index contributed by atoms with van der Waals surface area (Å²) in [6, 6.07) is 75.8. The zero-order valence-corrected chi connectivity index (χ0v) is 29.6. The van der Waals surface area contributed by atoms with Crippen molar-refractivity contribution in [3.63, 3.8) is 0 Å². The smallest absolute Gasteiger partial charge is 0.135 e. The van der Waals surface area contributed by atoms with E-state index >= 15 is 0 Å². The zero-order chi connectivity index (χ0) is 35.8. The maximum atomic E-state index is 6.92. The Morgan fingerprint density at radius 3 is 1.54 bits per heavy atom. The highest BCUT2D eigenvalue weighted by Crippen LogP contribution is 2.51. The van der Waals surface area contributed by atoms with Crippen LogP contribution < -0.4 is 9.64 Å². The van der Waals surface area contributed by atoms with Crippen LogP contribution >= 0.6 is 0 Å². The third kappa shape index (κ3) is 5.71. The minimum absolute atomic E-state index is 0.829. The topological polar surface area (TPSA) is 12.5 Å². The molecule has 10 rings (SSSR count). The first-order valence-corrected chi connectivity index (χ1v) is 18.4. The second-order valence-electron chi connectivity index (χ2n) is 13.7. The summed E-state index contributed by atoms with van der Waals surface area (Å²) in [5.74, 6) is 1.69. The maximum Gasteiger partial charge on any atom is 0.135 e. The van der Waals surface area contributed by atoms with Crippen LogP contribution in [0.1, 0.15) is 0 Å². The summed E-state index contributed by atoms with van der Waals surface area (Å²) in [7, 11) is 0. The summed E-state index contributed by atoms with van der Waals surface area (Å²) in [4.78, 5) is 2.38. The molecule has 54 heavy (non-hydrogen) atoms. The largest absolute Gasteiger partial charge is 0.456 e. The van der Waals surface area contributed by atoms with Gasteiger partial charge in [0.05, 0.1) is 5.69 Å². The number of benzene rings is 9. The molecule has 9 aromatic rings. The summed E-state index contributed by atoms with van der Waals surface area (Å²) in [6.07, 6.45) is 0. The van der Waals surface area contributed by atoms with E-state index in [0.29, 0.717) is 0 Å². The molecule has 0 fully saturated rings. The van der Waals surface area contributed by atoms with Crippen LogP contribution in [-0.4, -0.2) is 0 Å². The molecule has 2 heteroatoms. The lowest BCUT2D eigenvalue weighted by Gasteiger charge is -2.29. The Morgan fingerprint density at radius 2 is 0.815 bits per heavy atom. The van der Waals surface area contributed by atoms with E-state index in [-0.39, 0.29) is 0 Å². The van der Waals surface area contributed by atoms with E-state index in [2.05, 4.69) is 217 Å². The van der Waals surface area contributed by atoms with Crippen molar-refractivity contribution < 1.29 is 4.74 Å². The Balaban J connectivity index is 1.20. The molecule has 0 N–H and O–H groups in total. The molecule has 1 heterocycles. The van der Waals surface area contributed by atoms with Gasteiger partial charge in [0.15, 0.2) is 0 Å². The quantitative estimate of drug-likeness (QED) is 0.172. The number of para-hydroxylation sites is 1. The van der Waals surface area contributed by atoms with Gasteiger partial charge >= 0.3 is 0 Å². The van der Waals surface area contributed by atoms with Gasteiger partial charge in [0.25, 0.3) is 0 Å². The van der Waals surface area contributed by atoms with Crippen molar-refractivity contribution >= 4 is 27.8 Å². The number of rotatable bonds is 6. The van der Waals surface area contributed by atoms with Crippen molar-refractivity contribution in [2.24, 2.45) is 0 Å². The highest BCUT2D eigenvalue weighted by atomic mass is 16.5. The molecule has 9 aromatic carbocycles. The molecule has 0 aliphatic carbocycles. The molecular weight excluding hydrogens is 655 g/mol. The van der Waals surface area contributed by atoms with Gasteiger partial charge in [-0.15, -0.1) is 0 Å². The van der Waals surface area contributed by atoms with E-state index in [4.69, 9.17) is 4.74 Å². The fourth-order valence-corrected chi connectivity index (χ4v) is 7.79. The molecule has 0 amide bonds. The third-order valence-corrected chi connectivity index (χ3v) is 10.5. The second-order valence-corrected chi connectivity index (χ2v) is 13.7. The molecule has 1 aliphatic rings. The first-order valence-electron chi connectivity index (χ1n) is 18.4. The highest BCUT2D eigenvalue weighted by Gasteiger charge is 2.25. The number of nitrogens with zero attached hydrogens (tertiary/aromatic N) is 1. The Hall–Kier alpha value is -7.16. The van der Waals surface area contributed by atoms with E-state index in [1.54, 1.807) is 0 Å². The summed E-state index contributed by atoms with van der Waals surface area (Å²) in [5, 5.41) is 2.34. The average molecular weight is 690 g/mol. The Bertz CT molecular complexity index is 2770. The predicted molar refractivity (Wildman–Crippen MR) is 226 cm³/mol. The molecule has 0 radical (unpaired) electrons. The van der Waals surface area contributed by atoms with E-state index < -0.39 is 0 Å². The number of anilines is 3. The predicted octanol–water partition coefficient (Wildman–Crippen LogP) is 14.8. The van der Waals surface area contributed by atoms with Crippen LogP contribution in [0.4, 0.5) is 17.1 Å². The summed E-state index contributed by atoms with van der Waals surface area (Å²) < 4.78 is 6.92. The average Bonchev–Trinajstić information content (AvgIpc) is 3.38. The first-order chi connectivity index (χ1) is 26.8. The van der Waals surface area contributed by atoms with Crippen molar-refractivity contribution in [3.05, 3.63) is 212 Å². The zero-order valence-electron chi connectivity index (χ0n) is 29.6. The van der Waals surface area contributed by atoms with Gasteiger partial charge < -0.3 is 9.64 Å². The van der Waals surface area contributed by atoms with E-state index in [0.717, 1.165) is 72.9 Å². The van der Waals surface area contributed by atoms with Crippen molar-refractivity contribution in [3.8, 4) is 67.1 Å². The van der Waals surface area contributed by atoms with Crippen LogP contribution in [0, 0.1) is 0 Å². The van der Waals surface area contributed by atoms with E-state index in [1.807, 2.05) is 0 Å². The van der Waals surface area contributed by atoms with Gasteiger partial charge in [-0.25, -0.2) is 0 Å². The van der Waals surface area contributed by atoms with Crippen LogP contribution in [0.15, 0.2) is 212 Å². The molecule has 0 unspecified atom stereocenters. The van der Waals surface area contributed by atoms with Crippen LogP contribution in [0.25, 0.3) is 66.4 Å². The lowest BCUT2D eigenvalue weighted by molar-refractivity contribution is 0.488. The molecule has 0 spiro atoms. The SMILES string of the molecule is c1ccc(-c2ccc(N(c3ccc4c(c3)-c3cc(-c5ccccc5)ccc3-c3cc5ccccc5cc3O4)c3ccccc3-c3ccccc3)cc2)cc1. The van der Waals surface area contributed by atoms with E-state index in [1.165, 1.54) is 22.1 Å². The van der Waals surface area contributed by atoms with Crippen LogP contribution in [-0.2, 0) is 0 Å². The number of hydrogen-bond donors (Lipinski definition) is 0. The third-order valence-electron chi connectivity index (χ3n) is 10.5. The molecule has 2 nitrogen and oxygen atoms in total. The lowest BCUT2D eigenvalue weighted by atomic mass is 9.90. The Kier molecular flexibility index (Phi) is 7.85. The Labute approximate surface area is 315 Å². The second kappa shape index (κ2) is 13.4. The van der Waals surface area contributed by atoms with Crippen LogP contribution in [0.3, 0.4) is 0 Å². The standard InChI is InChI=1S/C52H35NO/c1-4-14-36(15-5-1)38-24-27-43(28-25-38)53(50-23-13-12-22-45(50)39-18-8-3-9-19-39)44-29-31-51-49(35-44)47-32-42(37-16-6-2-7-17-37)26-30-46(47)48-33-40-20-10-11-21-41(40)34-52(48)54-51/h1-35H. The molecule has 0 atom stereocenters. The van der Waals surface area contributed by atoms with Gasteiger partial charge in [-0.3, -0.25) is 0 Å². The van der Waals surface area contributed by atoms with Gasteiger partial charge in [0, 0.05) is 28.1 Å². The first kappa shape index (κ1) is 31.6. The number of ether oxygens (including phenoxy) is 1. The molecule has 0 saturated carbocycles. The monoisotopic (exact) mass is 689 g/mol. The number of fused-ring (bicyclic) bond motifs is 6. The van der Waals surface area contributed by atoms with Crippen molar-refractivity contribution in [1.82, 2.24) is 0 Å². The van der Waals surface area contributed by atoms with E-state index in [9.17, 15) is 0 Å². The normalized spacial score (nSPS) is 11.5.